The van der Waals surface area contributed by atoms with Crippen LogP contribution < -0.4 is 5.32 Å². The summed E-state index contributed by atoms with van der Waals surface area (Å²) < 4.78 is 37.2. The van der Waals surface area contributed by atoms with Crippen molar-refractivity contribution in [2.45, 2.75) is 32.0 Å². The van der Waals surface area contributed by atoms with E-state index in [9.17, 15) is 13.2 Å². The van der Waals surface area contributed by atoms with Crippen molar-refractivity contribution >= 4 is 11.6 Å². The lowest BCUT2D eigenvalue weighted by Gasteiger charge is -2.07. The lowest BCUT2D eigenvalue weighted by atomic mass is 10.2. The van der Waals surface area contributed by atoms with Crippen molar-refractivity contribution in [2.24, 2.45) is 7.05 Å². The Morgan fingerprint density at radius 2 is 2.12 bits per heavy atom. The van der Waals surface area contributed by atoms with E-state index in [2.05, 4.69) is 10.3 Å². The molecule has 0 bridgehead atoms. The van der Waals surface area contributed by atoms with Gasteiger partial charge >= 0.3 is 6.18 Å². The summed E-state index contributed by atoms with van der Waals surface area (Å²) in [6.07, 6.45) is -2.58. The number of imidazole rings is 1. The van der Waals surface area contributed by atoms with Crippen molar-refractivity contribution < 1.29 is 13.2 Å². The van der Waals surface area contributed by atoms with Gasteiger partial charge in [0.15, 0.2) is 0 Å². The molecule has 17 heavy (non-hydrogen) atoms. The van der Waals surface area contributed by atoms with Crippen molar-refractivity contribution in [3.8, 4) is 0 Å². The lowest BCUT2D eigenvalue weighted by Crippen LogP contribution is -2.18. The van der Waals surface area contributed by atoms with E-state index < -0.39 is 12.6 Å². The van der Waals surface area contributed by atoms with Gasteiger partial charge in [-0.3, -0.25) is 0 Å². The highest BCUT2D eigenvalue weighted by Gasteiger charge is 2.25. The minimum Gasteiger partial charge on any atom is -0.321 e. The zero-order valence-corrected chi connectivity index (χ0v) is 10.3. The number of aromatic nitrogens is 2. The summed E-state index contributed by atoms with van der Waals surface area (Å²) in [6, 6.07) is 0. The van der Waals surface area contributed by atoms with Crippen LogP contribution in [0, 0.1) is 0 Å². The first-order valence-corrected chi connectivity index (χ1v) is 5.71. The van der Waals surface area contributed by atoms with E-state index in [1.807, 2.05) is 0 Å². The summed E-state index contributed by atoms with van der Waals surface area (Å²) in [7, 11) is 1.79. The Morgan fingerprint density at radius 3 is 2.65 bits per heavy atom. The molecule has 0 saturated heterocycles. The summed E-state index contributed by atoms with van der Waals surface area (Å²) >= 11 is 5.79. The third kappa shape index (κ3) is 5.41. The standard InChI is InChI=1S/C10H15ClF3N3/c1-17-8(11)6-16-9(17)7-15-5-3-2-4-10(12,13)14/h6,15H,2-5,7H2,1H3. The fourth-order valence-electron chi connectivity index (χ4n) is 1.36. The second-order valence-electron chi connectivity index (χ2n) is 3.81. The van der Waals surface area contributed by atoms with Crippen molar-refractivity contribution in [3.05, 3.63) is 17.2 Å². The van der Waals surface area contributed by atoms with Gasteiger partial charge in [0.25, 0.3) is 0 Å². The molecule has 1 aromatic heterocycles. The van der Waals surface area contributed by atoms with Crippen molar-refractivity contribution in [1.82, 2.24) is 14.9 Å². The topological polar surface area (TPSA) is 29.9 Å². The molecule has 0 amide bonds. The fraction of sp³-hybridized carbons (Fsp3) is 0.700. The molecular formula is C10H15ClF3N3. The van der Waals surface area contributed by atoms with E-state index in [1.54, 1.807) is 17.8 Å². The highest BCUT2D eigenvalue weighted by Crippen LogP contribution is 2.21. The molecule has 0 fully saturated rings. The minimum absolute atomic E-state index is 0.151. The first kappa shape index (κ1) is 14.3. The van der Waals surface area contributed by atoms with Crippen LogP contribution in [-0.2, 0) is 13.6 Å². The Labute approximate surface area is 103 Å². The monoisotopic (exact) mass is 269 g/mol. The molecule has 0 radical (unpaired) electrons. The van der Waals surface area contributed by atoms with Crippen LogP contribution in [0.15, 0.2) is 6.20 Å². The molecule has 1 N–H and O–H groups in total. The second-order valence-corrected chi connectivity index (χ2v) is 4.19. The molecule has 98 valence electrons. The molecule has 0 unspecified atom stereocenters. The highest BCUT2D eigenvalue weighted by atomic mass is 35.5. The van der Waals surface area contributed by atoms with Gasteiger partial charge in [-0.25, -0.2) is 4.98 Å². The Kier molecular flexibility index (Phi) is 5.27. The molecular weight excluding hydrogens is 255 g/mol. The Bertz CT molecular complexity index is 349. The minimum atomic E-state index is -4.05. The molecule has 0 spiro atoms. The van der Waals surface area contributed by atoms with E-state index in [0.717, 1.165) is 5.82 Å². The maximum Gasteiger partial charge on any atom is 0.389 e. The molecule has 7 heteroatoms. The molecule has 3 nitrogen and oxygen atoms in total. The van der Waals surface area contributed by atoms with E-state index in [4.69, 9.17) is 11.6 Å². The number of rotatable bonds is 6. The van der Waals surface area contributed by atoms with Crippen LogP contribution in [0.1, 0.15) is 25.1 Å². The third-order valence-electron chi connectivity index (χ3n) is 2.37. The molecule has 0 saturated carbocycles. The summed E-state index contributed by atoms with van der Waals surface area (Å²) in [6.45, 7) is 1.05. The Balaban J connectivity index is 2.11. The first-order chi connectivity index (χ1) is 7.90. The molecule has 0 atom stereocenters. The maximum atomic E-state index is 11.8. The Morgan fingerprint density at radius 1 is 1.41 bits per heavy atom. The summed E-state index contributed by atoms with van der Waals surface area (Å²) in [5.74, 6) is 0.769. The molecule has 0 aromatic carbocycles. The van der Waals surface area contributed by atoms with Gasteiger partial charge in [-0.05, 0) is 19.4 Å². The van der Waals surface area contributed by atoms with E-state index in [-0.39, 0.29) is 6.42 Å². The van der Waals surface area contributed by atoms with Gasteiger partial charge in [0, 0.05) is 13.5 Å². The molecule has 0 aliphatic rings. The number of hydrogen-bond acceptors (Lipinski definition) is 2. The normalized spacial score (nSPS) is 12.1. The van der Waals surface area contributed by atoms with Crippen molar-refractivity contribution in [2.75, 3.05) is 6.54 Å². The van der Waals surface area contributed by atoms with Gasteiger partial charge in [0.05, 0.1) is 12.7 Å². The van der Waals surface area contributed by atoms with E-state index in [1.165, 1.54) is 0 Å². The van der Waals surface area contributed by atoms with Gasteiger partial charge in [-0.15, -0.1) is 0 Å². The maximum absolute atomic E-state index is 11.8. The van der Waals surface area contributed by atoms with Crippen LogP contribution in [0.5, 0.6) is 0 Å². The number of halogens is 4. The van der Waals surface area contributed by atoms with Crippen LogP contribution in [0.25, 0.3) is 0 Å². The predicted octanol–water partition coefficient (Wildman–Crippen LogP) is 2.90. The fourth-order valence-corrected chi connectivity index (χ4v) is 1.51. The molecule has 1 heterocycles. The number of unbranched alkanes of at least 4 members (excludes halogenated alkanes) is 1. The number of nitrogens with zero attached hydrogens (tertiary/aromatic N) is 2. The zero-order valence-electron chi connectivity index (χ0n) is 9.52. The highest BCUT2D eigenvalue weighted by molar-refractivity contribution is 6.29. The van der Waals surface area contributed by atoms with Gasteiger partial charge < -0.3 is 9.88 Å². The van der Waals surface area contributed by atoms with E-state index >= 15 is 0 Å². The first-order valence-electron chi connectivity index (χ1n) is 5.34. The number of hydrogen-bond donors (Lipinski definition) is 1. The molecule has 0 aliphatic carbocycles. The molecule has 1 aromatic rings. The van der Waals surface area contributed by atoms with Crippen LogP contribution in [0.2, 0.25) is 5.15 Å². The third-order valence-corrected chi connectivity index (χ3v) is 2.73. The predicted molar refractivity (Wildman–Crippen MR) is 59.8 cm³/mol. The quantitative estimate of drug-likeness (QED) is 0.805. The molecule has 0 aliphatic heterocycles. The van der Waals surface area contributed by atoms with Gasteiger partial charge in [-0.2, -0.15) is 13.2 Å². The molecule has 1 rings (SSSR count). The lowest BCUT2D eigenvalue weighted by molar-refractivity contribution is -0.135. The summed E-state index contributed by atoms with van der Waals surface area (Å²) in [4.78, 5) is 4.06. The number of nitrogens with one attached hydrogen (secondary N) is 1. The SMILES string of the molecule is Cn1c(Cl)cnc1CNCCCCC(F)(F)F. The van der Waals surface area contributed by atoms with E-state index in [0.29, 0.717) is 24.7 Å². The van der Waals surface area contributed by atoms with Crippen molar-refractivity contribution in [3.63, 3.8) is 0 Å². The second kappa shape index (κ2) is 6.26. The average Bonchev–Trinajstić information content (AvgIpc) is 2.53. The zero-order chi connectivity index (χ0) is 12.9. The van der Waals surface area contributed by atoms with Crippen LogP contribution in [0.3, 0.4) is 0 Å². The summed E-state index contributed by atoms with van der Waals surface area (Å²) in [5, 5.41) is 3.57. The van der Waals surface area contributed by atoms with Gasteiger partial charge in [0.1, 0.15) is 11.0 Å². The average molecular weight is 270 g/mol. The van der Waals surface area contributed by atoms with Crippen LogP contribution in [0.4, 0.5) is 13.2 Å². The largest absolute Gasteiger partial charge is 0.389 e. The van der Waals surface area contributed by atoms with Gasteiger partial charge in [0.2, 0.25) is 0 Å². The smallest absolute Gasteiger partial charge is 0.321 e. The van der Waals surface area contributed by atoms with Crippen LogP contribution in [-0.4, -0.2) is 22.3 Å². The summed E-state index contributed by atoms with van der Waals surface area (Å²) in [5.41, 5.74) is 0. The van der Waals surface area contributed by atoms with Crippen LogP contribution >= 0.6 is 11.6 Å². The van der Waals surface area contributed by atoms with Crippen molar-refractivity contribution in [1.29, 1.82) is 0 Å². The Hall–Kier alpha value is -0.750. The van der Waals surface area contributed by atoms with Gasteiger partial charge in [-0.1, -0.05) is 11.6 Å². The number of alkyl halides is 3.